The van der Waals surface area contributed by atoms with Crippen molar-refractivity contribution in [2.24, 2.45) is 0 Å². The maximum Gasteiger partial charge on any atom is 0.0261 e. The summed E-state index contributed by atoms with van der Waals surface area (Å²) in [6, 6.07) is 2.63. The van der Waals surface area contributed by atoms with Crippen LogP contribution in [0.15, 0.2) is 0 Å². The van der Waals surface area contributed by atoms with Gasteiger partial charge in [0.05, 0.1) is 0 Å². The lowest BCUT2D eigenvalue weighted by Gasteiger charge is -2.43. The molecule has 0 aromatic rings. The molecule has 3 aliphatic heterocycles. The molecule has 85 valence electrons. The van der Waals surface area contributed by atoms with E-state index in [4.69, 9.17) is 0 Å². The van der Waals surface area contributed by atoms with Gasteiger partial charge in [0.2, 0.25) is 0 Å². The Morgan fingerprint density at radius 3 is 2.13 bits per heavy atom. The van der Waals surface area contributed by atoms with Crippen LogP contribution >= 0.6 is 0 Å². The van der Waals surface area contributed by atoms with Crippen LogP contribution in [0.1, 0.15) is 25.7 Å². The minimum atomic E-state index is 0.870. The topological polar surface area (TPSA) is 20.6 Å². The fourth-order valence-corrected chi connectivity index (χ4v) is 3.67. The molecule has 3 heteroatoms. The molecule has 0 amide bonds. The summed E-state index contributed by atoms with van der Waals surface area (Å²) in [5.74, 6) is 0. The van der Waals surface area contributed by atoms with Gasteiger partial charge in [-0.05, 0) is 32.7 Å². The number of piperazine rings is 1. The molecule has 3 saturated heterocycles. The Hall–Kier alpha value is -0.120. The second-order valence-corrected chi connectivity index (χ2v) is 5.38. The monoisotopic (exact) mass is 208 g/mol. The number of fused-ring (bicyclic) bond motifs is 2. The summed E-state index contributed by atoms with van der Waals surface area (Å²) in [5.41, 5.74) is 0. The molecular weight excluding hydrogens is 186 g/mol. The number of nitrogens with zero attached hydrogens (tertiary/aromatic N) is 3. The van der Waals surface area contributed by atoms with Crippen LogP contribution in [-0.4, -0.2) is 61.2 Å². The third-order valence-electron chi connectivity index (χ3n) is 4.68. The van der Waals surface area contributed by atoms with Crippen LogP contribution in [0.5, 0.6) is 0 Å². The fraction of sp³-hybridized carbons (Fsp3) is 1.00. The van der Waals surface area contributed by atoms with Crippen LogP contribution in [-0.2, 0) is 0 Å². The Labute approximate surface area is 92.8 Å². The highest BCUT2D eigenvalue weighted by molar-refractivity contribution is 4.97. The average Bonchev–Trinajstić information content (AvgIpc) is 2.54. The molecule has 0 aliphatic carbocycles. The van der Waals surface area contributed by atoms with Crippen molar-refractivity contribution in [2.45, 2.75) is 43.8 Å². The van der Waals surface area contributed by atoms with Crippen LogP contribution in [0.3, 0.4) is 0 Å². The molecule has 3 fully saturated rings. The Kier molecular flexibility index (Phi) is 2.71. The van der Waals surface area contributed by atoms with Gasteiger partial charge in [0.1, 0.15) is 0 Å². The van der Waals surface area contributed by atoms with E-state index in [2.05, 4.69) is 22.2 Å². The molecule has 15 heavy (non-hydrogen) atoms. The van der Waals surface area contributed by atoms with Gasteiger partial charge in [0.15, 0.2) is 0 Å². The highest BCUT2D eigenvalue weighted by Crippen LogP contribution is 2.36. The van der Waals surface area contributed by atoms with Crippen molar-refractivity contribution in [3.8, 4) is 0 Å². The van der Waals surface area contributed by atoms with Crippen molar-refractivity contribution in [3.05, 3.63) is 0 Å². The zero-order valence-corrected chi connectivity index (χ0v) is 9.73. The van der Waals surface area contributed by atoms with Gasteiger partial charge in [-0.25, -0.2) is 5.32 Å². The minimum absolute atomic E-state index is 0.870. The van der Waals surface area contributed by atoms with Crippen LogP contribution in [0.4, 0.5) is 0 Å². The first-order valence-corrected chi connectivity index (χ1v) is 6.44. The second-order valence-electron chi connectivity index (χ2n) is 5.38. The van der Waals surface area contributed by atoms with Gasteiger partial charge in [-0.15, -0.1) is 0 Å². The quantitative estimate of drug-likeness (QED) is 0.627. The average molecular weight is 208 g/mol. The van der Waals surface area contributed by atoms with Crippen molar-refractivity contribution >= 4 is 0 Å². The van der Waals surface area contributed by atoms with E-state index in [9.17, 15) is 0 Å². The van der Waals surface area contributed by atoms with Crippen LogP contribution in [0, 0.1) is 0 Å². The molecule has 3 nitrogen and oxygen atoms in total. The molecule has 0 aromatic carbocycles. The van der Waals surface area contributed by atoms with Gasteiger partial charge in [-0.2, -0.15) is 0 Å². The highest BCUT2D eigenvalue weighted by atomic mass is 15.3. The number of hydrogen-bond acceptors (Lipinski definition) is 2. The first kappa shape index (κ1) is 10.1. The van der Waals surface area contributed by atoms with E-state index < -0.39 is 0 Å². The molecule has 3 rings (SSSR count). The van der Waals surface area contributed by atoms with Crippen molar-refractivity contribution < 1.29 is 0 Å². The van der Waals surface area contributed by atoms with Crippen LogP contribution in [0.2, 0.25) is 0 Å². The second kappa shape index (κ2) is 4.04. The Morgan fingerprint density at radius 1 is 0.933 bits per heavy atom. The summed E-state index contributed by atoms with van der Waals surface area (Å²) in [4.78, 5) is 5.33. The maximum absolute atomic E-state index is 4.44. The van der Waals surface area contributed by atoms with E-state index in [1.807, 2.05) is 0 Å². The van der Waals surface area contributed by atoms with E-state index >= 15 is 0 Å². The molecule has 0 aromatic heterocycles. The van der Waals surface area contributed by atoms with Gasteiger partial charge >= 0.3 is 0 Å². The summed E-state index contributed by atoms with van der Waals surface area (Å²) >= 11 is 0. The first-order chi connectivity index (χ1) is 7.34. The third kappa shape index (κ3) is 1.81. The van der Waals surface area contributed by atoms with Crippen molar-refractivity contribution in [3.63, 3.8) is 0 Å². The molecule has 0 spiro atoms. The molecule has 0 saturated carbocycles. The summed E-state index contributed by atoms with van der Waals surface area (Å²) in [7, 11) is 2.32. The van der Waals surface area contributed by atoms with E-state index in [0.29, 0.717) is 0 Å². The standard InChI is InChI=1S/C12H22N3/c1-14-10-2-3-11(14)9-12(8-10)15-6-4-13-5-7-15/h10-12H,2-9H2,1H3. The summed E-state index contributed by atoms with van der Waals surface area (Å²) in [5, 5.41) is 4.44. The molecule has 2 atom stereocenters. The predicted octanol–water partition coefficient (Wildman–Crippen LogP) is 0.532. The largest absolute Gasteiger partial charge is 0.300 e. The Bertz CT molecular complexity index is 211. The molecule has 1 radical (unpaired) electrons. The van der Waals surface area contributed by atoms with Crippen molar-refractivity contribution in [2.75, 3.05) is 33.2 Å². The smallest absolute Gasteiger partial charge is 0.0261 e. The molecule has 2 unspecified atom stereocenters. The maximum atomic E-state index is 4.44. The highest BCUT2D eigenvalue weighted by Gasteiger charge is 2.40. The number of piperidine rings is 1. The van der Waals surface area contributed by atoms with Gasteiger partial charge in [0, 0.05) is 44.3 Å². The SMILES string of the molecule is CN1C2CCC1CC(N1CC[N]CC1)C2. The lowest BCUT2D eigenvalue weighted by atomic mass is 9.96. The lowest BCUT2D eigenvalue weighted by Crippen LogP contribution is -2.53. The number of rotatable bonds is 1. The van der Waals surface area contributed by atoms with Gasteiger partial charge in [-0.1, -0.05) is 0 Å². The normalized spacial score (nSPS) is 43.4. The Morgan fingerprint density at radius 2 is 1.53 bits per heavy atom. The fourth-order valence-electron chi connectivity index (χ4n) is 3.67. The van der Waals surface area contributed by atoms with Crippen molar-refractivity contribution in [1.29, 1.82) is 0 Å². The lowest BCUT2D eigenvalue weighted by molar-refractivity contribution is 0.0675. The predicted molar refractivity (Wildman–Crippen MR) is 61.0 cm³/mol. The van der Waals surface area contributed by atoms with E-state index in [1.54, 1.807) is 0 Å². The third-order valence-corrected chi connectivity index (χ3v) is 4.68. The summed E-state index contributed by atoms with van der Waals surface area (Å²) in [6.45, 7) is 4.57. The summed E-state index contributed by atoms with van der Waals surface area (Å²) in [6.07, 6.45) is 5.70. The van der Waals surface area contributed by atoms with Gasteiger partial charge in [-0.3, -0.25) is 4.90 Å². The molecule has 2 bridgehead atoms. The van der Waals surface area contributed by atoms with E-state index in [1.165, 1.54) is 38.8 Å². The molecule has 3 aliphatic rings. The van der Waals surface area contributed by atoms with E-state index in [0.717, 1.165) is 31.2 Å². The minimum Gasteiger partial charge on any atom is -0.300 e. The van der Waals surface area contributed by atoms with Gasteiger partial charge in [0.25, 0.3) is 0 Å². The molecule has 3 heterocycles. The zero-order valence-electron chi connectivity index (χ0n) is 9.73. The van der Waals surface area contributed by atoms with Gasteiger partial charge < -0.3 is 4.90 Å². The zero-order chi connectivity index (χ0) is 10.3. The first-order valence-electron chi connectivity index (χ1n) is 6.44. The van der Waals surface area contributed by atoms with Crippen LogP contribution < -0.4 is 5.32 Å². The van der Waals surface area contributed by atoms with E-state index in [-0.39, 0.29) is 0 Å². The molecular formula is C12H22N3. The summed E-state index contributed by atoms with van der Waals surface area (Å²) < 4.78 is 0. The van der Waals surface area contributed by atoms with Crippen LogP contribution in [0.25, 0.3) is 0 Å². The number of hydrogen-bond donors (Lipinski definition) is 0. The molecule has 0 N–H and O–H groups in total. The Balaban J connectivity index is 1.64. The van der Waals surface area contributed by atoms with Crippen molar-refractivity contribution in [1.82, 2.24) is 15.1 Å².